The van der Waals surface area contributed by atoms with E-state index in [1.54, 1.807) is 19.9 Å². The number of carbonyl (C=O) groups is 1. The molecule has 0 spiro atoms. The number of methoxy groups -OCH3 is 1. The number of rotatable bonds is 4. The summed E-state index contributed by atoms with van der Waals surface area (Å²) in [6.07, 6.45) is -12.0. The van der Waals surface area contributed by atoms with Crippen LogP contribution >= 0.6 is 0 Å². The van der Waals surface area contributed by atoms with E-state index in [2.05, 4.69) is 0 Å². The van der Waals surface area contributed by atoms with Crippen molar-refractivity contribution in [2.75, 3.05) is 7.11 Å². The van der Waals surface area contributed by atoms with Gasteiger partial charge in [-0.05, 0) is 26.0 Å². The second kappa shape index (κ2) is 6.80. The molecule has 0 amide bonds. The molecule has 0 aliphatic carbocycles. The molecule has 2 aliphatic rings. The van der Waals surface area contributed by atoms with E-state index in [-0.39, 0.29) is 5.56 Å². The van der Waals surface area contributed by atoms with Crippen LogP contribution in [-0.4, -0.2) is 55.7 Å². The van der Waals surface area contributed by atoms with Crippen LogP contribution in [0, 0.1) is 0 Å². The first-order chi connectivity index (χ1) is 12.1. The van der Waals surface area contributed by atoms with Gasteiger partial charge in [0, 0.05) is 7.11 Å². The Morgan fingerprint density at radius 3 is 2.35 bits per heavy atom. The number of alkyl halides is 3. The van der Waals surface area contributed by atoms with Crippen molar-refractivity contribution >= 4 is 5.97 Å². The SMILES string of the molecule is COC1O[C@H](C(OC(=O)c2ccccc2)C(F)(F)F)[C@H]2OC(C)(C)O[C@@H]12. The van der Waals surface area contributed by atoms with Crippen LogP contribution in [0.4, 0.5) is 13.2 Å². The lowest BCUT2D eigenvalue weighted by molar-refractivity contribution is -0.276. The van der Waals surface area contributed by atoms with E-state index in [1.165, 1.54) is 31.4 Å². The minimum absolute atomic E-state index is 0.00325. The van der Waals surface area contributed by atoms with Gasteiger partial charge in [0.05, 0.1) is 5.56 Å². The summed E-state index contributed by atoms with van der Waals surface area (Å²) in [6, 6.07) is 7.42. The number of carbonyl (C=O) groups excluding carboxylic acids is 1. The van der Waals surface area contributed by atoms with Crippen molar-refractivity contribution in [1.82, 2.24) is 0 Å². The lowest BCUT2D eigenvalue weighted by Gasteiger charge is -2.29. The summed E-state index contributed by atoms with van der Waals surface area (Å²) in [5, 5.41) is 0. The topological polar surface area (TPSA) is 63.2 Å². The molecule has 0 radical (unpaired) electrons. The van der Waals surface area contributed by atoms with Crippen molar-refractivity contribution in [2.24, 2.45) is 0 Å². The fourth-order valence-electron chi connectivity index (χ4n) is 3.10. The summed E-state index contributed by atoms with van der Waals surface area (Å²) in [5.74, 6) is -2.21. The van der Waals surface area contributed by atoms with E-state index in [0.29, 0.717) is 0 Å². The lowest BCUT2D eigenvalue weighted by Crippen LogP contribution is -2.49. The monoisotopic (exact) mass is 376 g/mol. The fourth-order valence-corrected chi connectivity index (χ4v) is 3.10. The summed E-state index contributed by atoms with van der Waals surface area (Å²) < 4.78 is 67.2. The first kappa shape index (κ1) is 19.1. The number of ether oxygens (including phenoxy) is 5. The standard InChI is InChI=1S/C17H19F3O6/c1-16(2)25-10-11(23-15(22-3)12(10)26-16)13(17(18,19)20)24-14(21)9-7-5-4-6-8-9/h4-8,10-13,15H,1-3H3/t10-,11+,12-,13?,15?/m1/s1. The Labute approximate surface area is 148 Å². The molecule has 9 heteroatoms. The van der Waals surface area contributed by atoms with Gasteiger partial charge in [-0.2, -0.15) is 13.2 Å². The molecule has 2 fully saturated rings. The summed E-state index contributed by atoms with van der Waals surface area (Å²) in [4.78, 5) is 12.1. The Morgan fingerprint density at radius 2 is 1.77 bits per heavy atom. The highest BCUT2D eigenvalue weighted by Gasteiger charge is 2.63. The van der Waals surface area contributed by atoms with Crippen LogP contribution in [0.1, 0.15) is 24.2 Å². The Balaban J connectivity index is 1.85. The first-order valence-corrected chi connectivity index (χ1v) is 7.99. The van der Waals surface area contributed by atoms with Crippen LogP contribution in [0.3, 0.4) is 0 Å². The molecule has 6 nitrogen and oxygen atoms in total. The molecule has 2 unspecified atom stereocenters. The van der Waals surface area contributed by atoms with Gasteiger partial charge in [0.1, 0.15) is 18.3 Å². The molecular weight excluding hydrogens is 357 g/mol. The maximum atomic E-state index is 13.6. The van der Waals surface area contributed by atoms with Crippen LogP contribution in [0.2, 0.25) is 0 Å². The molecule has 0 aromatic heterocycles. The smallest absolute Gasteiger partial charge is 0.428 e. The third-order valence-electron chi connectivity index (χ3n) is 4.14. The van der Waals surface area contributed by atoms with E-state index in [9.17, 15) is 18.0 Å². The molecule has 26 heavy (non-hydrogen) atoms. The summed E-state index contributed by atoms with van der Waals surface area (Å²) in [5.41, 5.74) is 0.00325. The van der Waals surface area contributed by atoms with Gasteiger partial charge in [0.25, 0.3) is 0 Å². The Hall–Kier alpha value is -1.68. The third kappa shape index (κ3) is 3.71. The summed E-state index contributed by atoms with van der Waals surface area (Å²) >= 11 is 0. The minimum atomic E-state index is -4.86. The van der Waals surface area contributed by atoms with Crippen molar-refractivity contribution in [3.05, 3.63) is 35.9 Å². The molecule has 2 heterocycles. The second-order valence-corrected chi connectivity index (χ2v) is 6.50. The van der Waals surface area contributed by atoms with Crippen LogP contribution in [-0.2, 0) is 23.7 Å². The second-order valence-electron chi connectivity index (χ2n) is 6.50. The molecule has 144 valence electrons. The maximum absolute atomic E-state index is 13.6. The van der Waals surface area contributed by atoms with Gasteiger partial charge in [-0.25, -0.2) is 4.79 Å². The van der Waals surface area contributed by atoms with Crippen LogP contribution < -0.4 is 0 Å². The zero-order valence-corrected chi connectivity index (χ0v) is 14.4. The van der Waals surface area contributed by atoms with Gasteiger partial charge >= 0.3 is 12.1 Å². The molecule has 3 rings (SSSR count). The molecule has 5 atom stereocenters. The van der Waals surface area contributed by atoms with Crippen molar-refractivity contribution in [3.8, 4) is 0 Å². The van der Waals surface area contributed by atoms with Crippen LogP contribution in [0.25, 0.3) is 0 Å². The molecule has 1 aromatic rings. The van der Waals surface area contributed by atoms with Gasteiger partial charge in [0.2, 0.25) is 6.10 Å². The van der Waals surface area contributed by atoms with E-state index < -0.39 is 48.6 Å². The van der Waals surface area contributed by atoms with Crippen molar-refractivity contribution in [1.29, 1.82) is 0 Å². The van der Waals surface area contributed by atoms with Crippen LogP contribution in [0.15, 0.2) is 30.3 Å². The average molecular weight is 376 g/mol. The molecule has 0 saturated carbocycles. The number of fused-ring (bicyclic) bond motifs is 1. The van der Waals surface area contributed by atoms with E-state index >= 15 is 0 Å². The first-order valence-electron chi connectivity index (χ1n) is 7.99. The number of hydrogen-bond acceptors (Lipinski definition) is 6. The zero-order chi connectivity index (χ0) is 19.1. The predicted molar refractivity (Wildman–Crippen MR) is 81.2 cm³/mol. The van der Waals surface area contributed by atoms with E-state index in [0.717, 1.165) is 0 Å². The average Bonchev–Trinajstić information content (AvgIpc) is 3.05. The Morgan fingerprint density at radius 1 is 1.15 bits per heavy atom. The number of esters is 1. The van der Waals surface area contributed by atoms with Crippen molar-refractivity contribution in [2.45, 2.75) is 56.5 Å². The Bertz CT molecular complexity index is 648. The van der Waals surface area contributed by atoms with Crippen LogP contribution in [0.5, 0.6) is 0 Å². The Kier molecular flexibility index (Phi) is 5.00. The highest BCUT2D eigenvalue weighted by atomic mass is 19.4. The quantitative estimate of drug-likeness (QED) is 0.753. The molecule has 1 aromatic carbocycles. The molecule has 2 aliphatic heterocycles. The minimum Gasteiger partial charge on any atom is -0.446 e. The summed E-state index contributed by atoms with van der Waals surface area (Å²) in [7, 11) is 1.29. The number of halogens is 3. The lowest BCUT2D eigenvalue weighted by atomic mass is 10.1. The largest absolute Gasteiger partial charge is 0.446 e. The zero-order valence-electron chi connectivity index (χ0n) is 14.4. The number of benzene rings is 1. The predicted octanol–water partition coefficient (Wildman–Crippen LogP) is 2.67. The molecule has 0 N–H and O–H groups in total. The van der Waals surface area contributed by atoms with E-state index in [4.69, 9.17) is 23.7 Å². The molecule has 0 bridgehead atoms. The van der Waals surface area contributed by atoms with Gasteiger partial charge in [-0.3, -0.25) is 0 Å². The van der Waals surface area contributed by atoms with Gasteiger partial charge in [0.15, 0.2) is 12.1 Å². The van der Waals surface area contributed by atoms with Crippen molar-refractivity contribution in [3.63, 3.8) is 0 Å². The van der Waals surface area contributed by atoms with Gasteiger partial charge in [-0.15, -0.1) is 0 Å². The molecular formula is C17H19F3O6. The summed E-state index contributed by atoms with van der Waals surface area (Å²) in [6.45, 7) is 3.15. The van der Waals surface area contributed by atoms with Gasteiger partial charge in [-0.1, -0.05) is 18.2 Å². The highest BCUT2D eigenvalue weighted by molar-refractivity contribution is 5.89. The highest BCUT2D eigenvalue weighted by Crippen LogP contribution is 2.43. The van der Waals surface area contributed by atoms with Gasteiger partial charge < -0.3 is 23.7 Å². The fraction of sp³-hybridized carbons (Fsp3) is 0.588. The normalized spacial score (nSPS) is 31.5. The van der Waals surface area contributed by atoms with Crippen molar-refractivity contribution < 1.29 is 41.7 Å². The third-order valence-corrected chi connectivity index (χ3v) is 4.14. The number of hydrogen-bond donors (Lipinski definition) is 0. The molecule has 2 saturated heterocycles. The maximum Gasteiger partial charge on any atom is 0.428 e. The van der Waals surface area contributed by atoms with E-state index in [1.807, 2.05) is 0 Å².